The Kier molecular flexibility index (Phi) is 5.29. The monoisotopic (exact) mass is 465 g/mol. The summed E-state index contributed by atoms with van der Waals surface area (Å²) in [7, 11) is 1.23. The number of ether oxygens (including phenoxy) is 2. The number of nitrogens with one attached hydrogen (secondary N) is 2. The van der Waals surface area contributed by atoms with E-state index in [4.69, 9.17) is 4.74 Å². The Balaban J connectivity index is 1.73. The van der Waals surface area contributed by atoms with E-state index in [2.05, 4.69) is 36.2 Å². The first-order chi connectivity index (χ1) is 16.5. The van der Waals surface area contributed by atoms with Crippen LogP contribution < -0.4 is 10.1 Å². The number of carbonyl (C=O) groups excluding carboxylic acids is 1. The number of amides is 1. The average molecular weight is 465 g/mol. The summed E-state index contributed by atoms with van der Waals surface area (Å²) in [4.78, 5) is 23.0. The second-order valence-corrected chi connectivity index (χ2v) is 7.50. The van der Waals surface area contributed by atoms with Gasteiger partial charge in [0.2, 0.25) is 5.88 Å². The number of fused-ring (bicyclic) bond motifs is 2. The van der Waals surface area contributed by atoms with Crippen molar-refractivity contribution >= 4 is 17.1 Å². The molecule has 0 unspecified atom stereocenters. The molecule has 0 bridgehead atoms. The number of hydrogen-bond acceptors (Lipinski definition) is 7. The second kappa shape index (κ2) is 8.43. The van der Waals surface area contributed by atoms with Crippen LogP contribution in [-0.4, -0.2) is 50.6 Å². The van der Waals surface area contributed by atoms with Gasteiger partial charge in [0.15, 0.2) is 0 Å². The number of rotatable bonds is 4. The largest absolute Gasteiger partial charge is 0.475 e. The Morgan fingerprint density at radius 1 is 1.38 bits per heavy atom. The summed E-state index contributed by atoms with van der Waals surface area (Å²) in [6.07, 6.45) is 0.935. The van der Waals surface area contributed by atoms with Crippen LogP contribution in [0.2, 0.25) is 0 Å². The number of carbonyl (C=O) groups is 1. The standard InChI is InChI=1S/C22H17F2N7O3/c1-33-22(32)28-12-9-31-21(34-10-12)16(18(30-31)19(23)24)17-15(13-4-6-26-8-11(13)7-25)14-3-2-5-27-20(14)29-17/h2-6,8,12,19H,9-10H2,1H3,(H,27,29)(H,28,32)/t12-/m0/s1. The third kappa shape index (κ3) is 3.47. The molecule has 1 aliphatic heterocycles. The minimum Gasteiger partial charge on any atom is -0.475 e. The van der Waals surface area contributed by atoms with Gasteiger partial charge in [-0.3, -0.25) is 4.98 Å². The molecule has 1 amide bonds. The lowest BCUT2D eigenvalue weighted by atomic mass is 9.96. The van der Waals surface area contributed by atoms with Crippen LogP contribution in [0.15, 0.2) is 36.8 Å². The van der Waals surface area contributed by atoms with Crippen molar-refractivity contribution in [2.75, 3.05) is 13.7 Å². The number of methoxy groups -OCH3 is 1. The fourth-order valence-electron chi connectivity index (χ4n) is 4.07. The summed E-state index contributed by atoms with van der Waals surface area (Å²) < 4.78 is 40.1. The van der Waals surface area contributed by atoms with Crippen LogP contribution in [0.25, 0.3) is 33.4 Å². The van der Waals surface area contributed by atoms with Gasteiger partial charge < -0.3 is 19.8 Å². The van der Waals surface area contributed by atoms with Crippen molar-refractivity contribution in [1.29, 1.82) is 5.26 Å². The molecule has 1 aliphatic rings. The second-order valence-electron chi connectivity index (χ2n) is 7.50. The minimum atomic E-state index is -2.91. The number of aromatic amines is 1. The summed E-state index contributed by atoms with van der Waals surface area (Å²) >= 11 is 0. The van der Waals surface area contributed by atoms with Gasteiger partial charge >= 0.3 is 6.09 Å². The van der Waals surface area contributed by atoms with E-state index < -0.39 is 24.3 Å². The van der Waals surface area contributed by atoms with Gasteiger partial charge in [0, 0.05) is 35.1 Å². The van der Waals surface area contributed by atoms with E-state index in [1.54, 1.807) is 24.4 Å². The summed E-state index contributed by atoms with van der Waals surface area (Å²) in [6.45, 7) is 0.139. The normalized spacial score (nSPS) is 15.0. The van der Waals surface area contributed by atoms with Crippen LogP contribution in [0.4, 0.5) is 13.6 Å². The number of H-pyrrole nitrogens is 1. The lowest BCUT2D eigenvalue weighted by Gasteiger charge is -2.25. The van der Waals surface area contributed by atoms with Gasteiger partial charge in [0.05, 0.1) is 36.5 Å². The smallest absolute Gasteiger partial charge is 0.407 e. The molecule has 0 aromatic carbocycles. The van der Waals surface area contributed by atoms with Crippen LogP contribution in [0.5, 0.6) is 5.88 Å². The maximum atomic E-state index is 14.2. The lowest BCUT2D eigenvalue weighted by molar-refractivity contribution is 0.138. The number of alkyl carbamates (subject to hydrolysis) is 1. The highest BCUT2D eigenvalue weighted by Crippen LogP contribution is 2.46. The molecule has 0 fully saturated rings. The molecule has 0 aliphatic carbocycles. The van der Waals surface area contributed by atoms with Crippen LogP contribution >= 0.6 is 0 Å². The van der Waals surface area contributed by atoms with Crippen molar-refractivity contribution in [3.05, 3.63) is 48.0 Å². The Bertz CT molecular complexity index is 1440. The highest BCUT2D eigenvalue weighted by atomic mass is 19.3. The van der Waals surface area contributed by atoms with Crippen LogP contribution in [0.3, 0.4) is 0 Å². The number of nitrogens with zero attached hydrogens (tertiary/aromatic N) is 5. The van der Waals surface area contributed by atoms with Crippen molar-refractivity contribution in [3.8, 4) is 34.3 Å². The molecule has 5 rings (SSSR count). The summed E-state index contributed by atoms with van der Waals surface area (Å²) in [5, 5.41) is 17.0. The zero-order valence-corrected chi connectivity index (χ0v) is 17.7. The van der Waals surface area contributed by atoms with Crippen LogP contribution in [0.1, 0.15) is 17.7 Å². The predicted molar refractivity (Wildman–Crippen MR) is 115 cm³/mol. The van der Waals surface area contributed by atoms with Gasteiger partial charge in [0.25, 0.3) is 6.43 Å². The molecule has 0 saturated heterocycles. The molecule has 1 atom stereocenters. The molecule has 172 valence electrons. The Hall–Kier alpha value is -4.53. The van der Waals surface area contributed by atoms with E-state index in [0.29, 0.717) is 27.9 Å². The molecular weight excluding hydrogens is 448 g/mol. The Morgan fingerprint density at radius 3 is 3.00 bits per heavy atom. The van der Waals surface area contributed by atoms with E-state index >= 15 is 0 Å². The van der Waals surface area contributed by atoms with Crippen LogP contribution in [0, 0.1) is 11.3 Å². The number of nitriles is 1. The molecule has 12 heteroatoms. The zero-order chi connectivity index (χ0) is 23.8. The van der Waals surface area contributed by atoms with E-state index in [1.165, 1.54) is 24.2 Å². The van der Waals surface area contributed by atoms with Crippen molar-refractivity contribution in [2.45, 2.75) is 19.0 Å². The number of hydrogen-bond donors (Lipinski definition) is 2. The first kappa shape index (κ1) is 21.3. The summed E-state index contributed by atoms with van der Waals surface area (Å²) in [5.74, 6) is 0.124. The van der Waals surface area contributed by atoms with Gasteiger partial charge in [-0.2, -0.15) is 10.4 Å². The van der Waals surface area contributed by atoms with E-state index in [0.717, 1.165) is 0 Å². The van der Waals surface area contributed by atoms with E-state index in [-0.39, 0.29) is 30.2 Å². The fourth-order valence-corrected chi connectivity index (χ4v) is 4.07. The van der Waals surface area contributed by atoms with Gasteiger partial charge in [-0.15, -0.1) is 0 Å². The zero-order valence-electron chi connectivity index (χ0n) is 17.7. The van der Waals surface area contributed by atoms with Crippen molar-refractivity contribution in [3.63, 3.8) is 0 Å². The Morgan fingerprint density at radius 2 is 2.24 bits per heavy atom. The number of halogens is 2. The SMILES string of the molecule is COC(=O)N[C@@H]1COc2c(-c3[nH]c4ncccc4c3-c3ccncc3C#N)c(C(F)F)nn2C1. The molecule has 34 heavy (non-hydrogen) atoms. The first-order valence-electron chi connectivity index (χ1n) is 10.2. The summed E-state index contributed by atoms with van der Waals surface area (Å²) in [6, 6.07) is 6.73. The first-order valence-corrected chi connectivity index (χ1v) is 10.2. The highest BCUT2D eigenvalue weighted by Gasteiger charge is 2.34. The fraction of sp³-hybridized carbons (Fsp3) is 0.227. The molecular formula is C22H17F2N7O3. The van der Waals surface area contributed by atoms with Gasteiger partial charge in [0.1, 0.15) is 24.0 Å². The number of pyridine rings is 2. The topological polar surface area (TPSA) is 131 Å². The molecule has 5 heterocycles. The Labute approximate surface area is 191 Å². The van der Waals surface area contributed by atoms with Gasteiger partial charge in [-0.25, -0.2) is 23.2 Å². The highest BCUT2D eigenvalue weighted by molar-refractivity contribution is 6.04. The third-order valence-corrected chi connectivity index (χ3v) is 5.49. The third-order valence-electron chi connectivity index (χ3n) is 5.49. The maximum Gasteiger partial charge on any atom is 0.407 e. The van der Waals surface area contributed by atoms with Crippen molar-refractivity contribution in [1.82, 2.24) is 30.0 Å². The number of aromatic nitrogens is 5. The van der Waals surface area contributed by atoms with E-state index in [9.17, 15) is 18.8 Å². The van der Waals surface area contributed by atoms with Crippen molar-refractivity contribution in [2.24, 2.45) is 0 Å². The number of alkyl halides is 2. The van der Waals surface area contributed by atoms with Crippen molar-refractivity contribution < 1.29 is 23.0 Å². The molecule has 10 nitrogen and oxygen atoms in total. The molecule has 4 aromatic rings. The van der Waals surface area contributed by atoms with Gasteiger partial charge in [-0.05, 0) is 18.2 Å². The minimum absolute atomic E-state index is 0.0307. The molecule has 0 radical (unpaired) electrons. The molecule has 0 spiro atoms. The molecule has 0 saturated carbocycles. The molecule has 4 aromatic heterocycles. The van der Waals surface area contributed by atoms with Crippen LogP contribution in [-0.2, 0) is 11.3 Å². The summed E-state index contributed by atoms with van der Waals surface area (Å²) in [5.41, 5.74) is 1.62. The quantitative estimate of drug-likeness (QED) is 0.472. The van der Waals surface area contributed by atoms with Gasteiger partial charge in [-0.1, -0.05) is 0 Å². The predicted octanol–water partition coefficient (Wildman–Crippen LogP) is 3.41. The van der Waals surface area contributed by atoms with E-state index in [1.807, 2.05) is 0 Å². The maximum absolute atomic E-state index is 14.2. The molecule has 2 N–H and O–H groups in total. The average Bonchev–Trinajstić information content (AvgIpc) is 3.42. The lowest BCUT2D eigenvalue weighted by Crippen LogP contribution is -2.44.